The van der Waals surface area contributed by atoms with E-state index in [0.29, 0.717) is 17.7 Å². The number of rotatable bonds is 2. The van der Waals surface area contributed by atoms with Gasteiger partial charge in [-0.25, -0.2) is 9.97 Å². The molecule has 0 spiro atoms. The maximum atomic E-state index is 5.95. The van der Waals surface area contributed by atoms with Crippen molar-refractivity contribution >= 4 is 5.82 Å². The fourth-order valence-corrected chi connectivity index (χ4v) is 2.99. The molecule has 2 saturated carbocycles. The lowest BCUT2D eigenvalue weighted by Gasteiger charge is -2.19. The van der Waals surface area contributed by atoms with E-state index in [0.717, 1.165) is 5.82 Å². The van der Waals surface area contributed by atoms with Gasteiger partial charge in [0.05, 0.1) is 0 Å². The van der Waals surface area contributed by atoms with Crippen LogP contribution in [0.25, 0.3) is 0 Å². The summed E-state index contributed by atoms with van der Waals surface area (Å²) in [5.41, 5.74) is 7.14. The molecule has 3 heteroatoms. The van der Waals surface area contributed by atoms with Crippen molar-refractivity contribution < 1.29 is 0 Å². The van der Waals surface area contributed by atoms with E-state index in [9.17, 15) is 0 Å². The van der Waals surface area contributed by atoms with Crippen LogP contribution in [0.1, 0.15) is 81.1 Å². The maximum Gasteiger partial charge on any atom is 0.134 e. The number of nitrogen functional groups attached to an aromatic ring is 1. The second kappa shape index (κ2) is 5.25. The molecule has 2 fully saturated rings. The van der Waals surface area contributed by atoms with Crippen LogP contribution >= 0.6 is 0 Å². The molecule has 1 aromatic rings. The SMILES string of the molecule is Nc1cc(C2CC2)nc(C2CCCCCCC2)n1. The lowest BCUT2D eigenvalue weighted by atomic mass is 9.90. The number of nitrogens with zero attached hydrogens (tertiary/aromatic N) is 2. The van der Waals surface area contributed by atoms with Gasteiger partial charge in [-0.15, -0.1) is 0 Å². The van der Waals surface area contributed by atoms with Crippen molar-refractivity contribution in [1.29, 1.82) is 0 Å². The number of hydrogen-bond donors (Lipinski definition) is 1. The van der Waals surface area contributed by atoms with Gasteiger partial charge in [0.1, 0.15) is 11.6 Å². The Balaban J connectivity index is 1.80. The zero-order valence-electron chi connectivity index (χ0n) is 11.1. The lowest BCUT2D eigenvalue weighted by molar-refractivity contribution is 0.442. The summed E-state index contributed by atoms with van der Waals surface area (Å²) >= 11 is 0. The van der Waals surface area contributed by atoms with Crippen molar-refractivity contribution in [2.75, 3.05) is 5.73 Å². The summed E-state index contributed by atoms with van der Waals surface area (Å²) in [5.74, 6) is 2.91. The normalized spacial score (nSPS) is 22.4. The summed E-state index contributed by atoms with van der Waals surface area (Å²) in [6.45, 7) is 0. The average molecular weight is 245 g/mol. The van der Waals surface area contributed by atoms with Gasteiger partial charge in [-0.05, 0) is 25.7 Å². The van der Waals surface area contributed by atoms with Crippen LogP contribution in [0.3, 0.4) is 0 Å². The van der Waals surface area contributed by atoms with Crippen LogP contribution in [-0.4, -0.2) is 9.97 Å². The molecule has 2 aliphatic carbocycles. The summed E-state index contributed by atoms with van der Waals surface area (Å²) in [4.78, 5) is 9.31. The molecule has 18 heavy (non-hydrogen) atoms. The molecule has 1 aromatic heterocycles. The standard InChI is InChI=1S/C15H23N3/c16-14-10-13(11-8-9-11)17-15(18-14)12-6-4-2-1-3-5-7-12/h10-12H,1-9H2,(H2,16,17,18). The Morgan fingerprint density at radius 2 is 1.50 bits per heavy atom. The highest BCUT2D eigenvalue weighted by atomic mass is 15.0. The summed E-state index contributed by atoms with van der Waals surface area (Å²) in [7, 11) is 0. The molecule has 0 aromatic carbocycles. The molecule has 3 rings (SSSR count). The van der Waals surface area contributed by atoms with Crippen LogP contribution in [0.2, 0.25) is 0 Å². The molecule has 1 heterocycles. The van der Waals surface area contributed by atoms with Gasteiger partial charge in [-0.3, -0.25) is 0 Å². The second-order valence-electron chi connectivity index (χ2n) is 5.89. The first-order chi connectivity index (χ1) is 8.83. The molecule has 0 bridgehead atoms. The lowest BCUT2D eigenvalue weighted by Crippen LogP contribution is -2.10. The van der Waals surface area contributed by atoms with Crippen LogP contribution in [0.15, 0.2) is 6.07 Å². The summed E-state index contributed by atoms with van der Waals surface area (Å²) < 4.78 is 0. The Bertz CT molecular complexity index is 404. The first-order valence-electron chi connectivity index (χ1n) is 7.47. The minimum absolute atomic E-state index is 0.547. The van der Waals surface area contributed by atoms with E-state index in [4.69, 9.17) is 10.7 Å². The summed E-state index contributed by atoms with van der Waals surface area (Å²) in [5, 5.41) is 0. The van der Waals surface area contributed by atoms with Crippen LogP contribution in [0.4, 0.5) is 5.82 Å². The van der Waals surface area contributed by atoms with Gasteiger partial charge in [0.2, 0.25) is 0 Å². The molecule has 0 amide bonds. The third-order valence-electron chi connectivity index (χ3n) is 4.25. The van der Waals surface area contributed by atoms with E-state index in [1.165, 1.54) is 63.5 Å². The first kappa shape index (κ1) is 11.9. The minimum atomic E-state index is 0.547. The Kier molecular flexibility index (Phi) is 3.48. The van der Waals surface area contributed by atoms with Crippen LogP contribution in [0.5, 0.6) is 0 Å². The smallest absolute Gasteiger partial charge is 0.134 e. The second-order valence-corrected chi connectivity index (χ2v) is 5.89. The van der Waals surface area contributed by atoms with E-state index in [1.807, 2.05) is 6.07 Å². The van der Waals surface area contributed by atoms with Crippen LogP contribution in [-0.2, 0) is 0 Å². The monoisotopic (exact) mass is 245 g/mol. The predicted molar refractivity (Wildman–Crippen MR) is 73.5 cm³/mol. The molecule has 0 unspecified atom stereocenters. The summed E-state index contributed by atoms with van der Waals surface area (Å²) in [6, 6.07) is 1.98. The van der Waals surface area contributed by atoms with Crippen molar-refractivity contribution in [3.05, 3.63) is 17.6 Å². The molecule has 3 nitrogen and oxygen atoms in total. The van der Waals surface area contributed by atoms with E-state index in [-0.39, 0.29) is 0 Å². The third kappa shape index (κ3) is 2.82. The van der Waals surface area contributed by atoms with Crippen LogP contribution in [0, 0.1) is 0 Å². The van der Waals surface area contributed by atoms with Gasteiger partial charge < -0.3 is 5.73 Å². The van der Waals surface area contributed by atoms with Gasteiger partial charge in [0, 0.05) is 23.6 Å². The molecule has 2 N–H and O–H groups in total. The highest BCUT2D eigenvalue weighted by Crippen LogP contribution is 2.40. The zero-order valence-corrected chi connectivity index (χ0v) is 11.1. The zero-order chi connectivity index (χ0) is 12.4. The maximum absolute atomic E-state index is 5.95. The highest BCUT2D eigenvalue weighted by molar-refractivity contribution is 5.33. The van der Waals surface area contributed by atoms with Gasteiger partial charge in [-0.2, -0.15) is 0 Å². The van der Waals surface area contributed by atoms with Crippen molar-refractivity contribution in [3.8, 4) is 0 Å². The van der Waals surface area contributed by atoms with E-state index >= 15 is 0 Å². The average Bonchev–Trinajstić information content (AvgIpc) is 3.11. The number of nitrogens with two attached hydrogens (primary N) is 1. The van der Waals surface area contributed by atoms with Crippen molar-refractivity contribution in [2.24, 2.45) is 0 Å². The van der Waals surface area contributed by atoms with E-state index < -0.39 is 0 Å². The highest BCUT2D eigenvalue weighted by Gasteiger charge is 2.27. The Hall–Kier alpha value is -1.12. The molecule has 0 atom stereocenters. The summed E-state index contributed by atoms with van der Waals surface area (Å²) in [6.07, 6.45) is 11.8. The van der Waals surface area contributed by atoms with E-state index in [2.05, 4.69) is 4.98 Å². The van der Waals surface area contributed by atoms with Crippen molar-refractivity contribution in [2.45, 2.75) is 69.6 Å². The predicted octanol–water partition coefficient (Wildman–Crippen LogP) is 3.76. The Morgan fingerprint density at radius 1 is 0.833 bits per heavy atom. The molecular weight excluding hydrogens is 222 g/mol. The molecular formula is C15H23N3. The van der Waals surface area contributed by atoms with Gasteiger partial charge in [0.25, 0.3) is 0 Å². The quantitative estimate of drug-likeness (QED) is 0.863. The van der Waals surface area contributed by atoms with Crippen molar-refractivity contribution in [1.82, 2.24) is 9.97 Å². The number of aromatic nitrogens is 2. The van der Waals surface area contributed by atoms with Crippen LogP contribution < -0.4 is 5.73 Å². The Morgan fingerprint density at radius 3 is 2.17 bits per heavy atom. The first-order valence-corrected chi connectivity index (χ1v) is 7.47. The van der Waals surface area contributed by atoms with Gasteiger partial charge in [-0.1, -0.05) is 32.1 Å². The third-order valence-corrected chi connectivity index (χ3v) is 4.25. The topological polar surface area (TPSA) is 51.8 Å². The number of hydrogen-bond acceptors (Lipinski definition) is 3. The molecule has 0 radical (unpaired) electrons. The molecule has 0 saturated heterocycles. The largest absolute Gasteiger partial charge is 0.384 e. The molecule has 0 aliphatic heterocycles. The minimum Gasteiger partial charge on any atom is -0.384 e. The van der Waals surface area contributed by atoms with Gasteiger partial charge >= 0.3 is 0 Å². The number of anilines is 1. The van der Waals surface area contributed by atoms with Gasteiger partial charge in [0.15, 0.2) is 0 Å². The fraction of sp³-hybridized carbons (Fsp3) is 0.733. The fourth-order valence-electron chi connectivity index (χ4n) is 2.99. The van der Waals surface area contributed by atoms with E-state index in [1.54, 1.807) is 0 Å². The molecule has 2 aliphatic rings. The molecule has 98 valence electrons. The van der Waals surface area contributed by atoms with Crippen molar-refractivity contribution in [3.63, 3.8) is 0 Å². The Labute approximate surface area is 109 Å².